The lowest BCUT2D eigenvalue weighted by molar-refractivity contribution is -0.254. The van der Waals surface area contributed by atoms with Gasteiger partial charge in [0.2, 0.25) is 0 Å². The third kappa shape index (κ3) is 4.02. The van der Waals surface area contributed by atoms with Gasteiger partial charge in [-0.2, -0.15) is 26.3 Å². The van der Waals surface area contributed by atoms with Gasteiger partial charge in [-0.05, 0) is 37.5 Å². The predicted octanol–water partition coefficient (Wildman–Crippen LogP) is 5.58. The highest BCUT2D eigenvalue weighted by atomic mass is 19.4. The summed E-state index contributed by atoms with van der Waals surface area (Å²) in [6, 6.07) is 0. The number of hydrogen-bond acceptors (Lipinski definition) is 0. The molecule has 0 heterocycles. The topological polar surface area (TPSA) is 0 Å². The molecule has 6 heteroatoms. The quantitative estimate of drug-likeness (QED) is 0.511. The predicted molar refractivity (Wildman–Crippen MR) is 60.5 cm³/mol. The number of hydrogen-bond donors (Lipinski definition) is 0. The molecule has 2 fully saturated rings. The van der Waals surface area contributed by atoms with Gasteiger partial charge in [0, 0.05) is 0 Å². The fraction of sp³-hybridized carbons (Fsp3) is 1.00. The summed E-state index contributed by atoms with van der Waals surface area (Å²) < 4.78 is 71.2. The molecule has 0 nitrogen and oxygen atoms in total. The molecule has 0 spiro atoms. The first-order valence-electron chi connectivity index (χ1n) is 6.48. The van der Waals surface area contributed by atoms with Crippen molar-refractivity contribution in [2.24, 2.45) is 23.2 Å². The Morgan fingerprint density at radius 2 is 1.26 bits per heavy atom. The summed E-state index contributed by atoms with van der Waals surface area (Å²) in [7, 11) is 0. The van der Waals surface area contributed by atoms with Crippen LogP contribution in [0.2, 0.25) is 0 Å². The second-order valence-corrected chi connectivity index (χ2v) is 6.39. The Morgan fingerprint density at radius 3 is 1.37 bits per heavy atom. The number of halogens is 6. The average Bonchev–Trinajstić information content (AvgIpc) is 2.08. The first-order valence-corrected chi connectivity index (χ1v) is 6.48. The summed E-state index contributed by atoms with van der Waals surface area (Å²) in [6.45, 7) is 5.00. The lowest BCUT2D eigenvalue weighted by Crippen LogP contribution is -2.45. The monoisotopic (exact) mass is 290 g/mol. The van der Waals surface area contributed by atoms with Gasteiger partial charge in [-0.15, -0.1) is 0 Å². The van der Waals surface area contributed by atoms with Crippen LogP contribution in [0.5, 0.6) is 0 Å². The highest BCUT2D eigenvalue weighted by Crippen LogP contribution is 2.55. The highest BCUT2D eigenvalue weighted by Gasteiger charge is 2.57. The Morgan fingerprint density at radius 1 is 0.842 bits per heavy atom. The lowest BCUT2D eigenvalue weighted by atomic mass is 9.63. The second kappa shape index (κ2) is 5.17. The van der Waals surface area contributed by atoms with Crippen LogP contribution >= 0.6 is 0 Å². The molecule has 2 aliphatic carbocycles. The van der Waals surface area contributed by atoms with Crippen molar-refractivity contribution in [3.63, 3.8) is 0 Å². The van der Waals surface area contributed by atoms with Gasteiger partial charge in [0.1, 0.15) is 0 Å². The zero-order valence-corrected chi connectivity index (χ0v) is 11.3. The summed E-state index contributed by atoms with van der Waals surface area (Å²) in [4.78, 5) is 0. The zero-order valence-electron chi connectivity index (χ0n) is 11.3. The standard InChI is InChI=1S/C7H11F3.C6H9F3/c1-5-3-6(2,4-5)7(8,9)10;1-4-2-5(3-4)6(7,8)9/h5H,3-4H2,1-2H3;4-5H,2-3H2,1H3. The molecule has 0 aromatic carbocycles. The van der Waals surface area contributed by atoms with E-state index in [9.17, 15) is 26.3 Å². The minimum absolute atomic E-state index is 0.256. The average molecular weight is 290 g/mol. The molecule has 0 atom stereocenters. The fourth-order valence-corrected chi connectivity index (χ4v) is 2.88. The maximum absolute atomic E-state index is 12.1. The van der Waals surface area contributed by atoms with Crippen molar-refractivity contribution in [1.82, 2.24) is 0 Å². The van der Waals surface area contributed by atoms with Gasteiger partial charge in [-0.25, -0.2) is 0 Å². The van der Waals surface area contributed by atoms with E-state index in [0.29, 0.717) is 25.7 Å². The summed E-state index contributed by atoms with van der Waals surface area (Å²) in [5, 5.41) is 0. The van der Waals surface area contributed by atoms with Crippen molar-refractivity contribution in [1.29, 1.82) is 0 Å². The zero-order chi connectivity index (χ0) is 15.1. The number of rotatable bonds is 0. The third-order valence-corrected chi connectivity index (χ3v) is 4.12. The minimum Gasteiger partial charge on any atom is -0.171 e. The lowest BCUT2D eigenvalue weighted by Gasteiger charge is -2.44. The third-order valence-electron chi connectivity index (χ3n) is 4.12. The fourth-order valence-electron chi connectivity index (χ4n) is 2.88. The summed E-state index contributed by atoms with van der Waals surface area (Å²) in [6.07, 6.45) is -6.63. The van der Waals surface area contributed by atoms with Crippen molar-refractivity contribution in [2.45, 2.75) is 58.8 Å². The van der Waals surface area contributed by atoms with Crippen LogP contribution in [0.4, 0.5) is 26.3 Å². The molecule has 0 saturated heterocycles. The maximum atomic E-state index is 12.1. The highest BCUT2D eigenvalue weighted by molar-refractivity contribution is 4.93. The van der Waals surface area contributed by atoms with Gasteiger partial charge < -0.3 is 0 Å². The van der Waals surface area contributed by atoms with Crippen molar-refractivity contribution in [2.75, 3.05) is 0 Å². The van der Waals surface area contributed by atoms with Gasteiger partial charge in [0.05, 0.1) is 11.3 Å². The smallest absolute Gasteiger partial charge is 0.171 e. The van der Waals surface area contributed by atoms with Gasteiger partial charge in [0.25, 0.3) is 0 Å². The van der Waals surface area contributed by atoms with Crippen LogP contribution in [-0.2, 0) is 0 Å². The second-order valence-electron chi connectivity index (χ2n) is 6.39. The largest absolute Gasteiger partial charge is 0.394 e. The van der Waals surface area contributed by atoms with E-state index in [4.69, 9.17) is 0 Å². The SMILES string of the molecule is CC1CC(C(F)(F)F)C1.CC1CC(C)(C(F)(F)F)C1. The van der Waals surface area contributed by atoms with Gasteiger partial charge in [0.15, 0.2) is 0 Å². The van der Waals surface area contributed by atoms with Crippen LogP contribution in [0.3, 0.4) is 0 Å². The number of alkyl halides is 6. The van der Waals surface area contributed by atoms with Crippen molar-refractivity contribution < 1.29 is 26.3 Å². The van der Waals surface area contributed by atoms with Crippen LogP contribution in [0, 0.1) is 23.2 Å². The van der Waals surface area contributed by atoms with E-state index in [1.165, 1.54) is 6.92 Å². The molecule has 0 aromatic rings. The Kier molecular flexibility index (Phi) is 4.52. The van der Waals surface area contributed by atoms with Gasteiger partial charge >= 0.3 is 12.4 Å². The molecular weight excluding hydrogens is 270 g/mol. The van der Waals surface area contributed by atoms with Crippen LogP contribution in [0.15, 0.2) is 0 Å². The summed E-state index contributed by atoms with van der Waals surface area (Å²) >= 11 is 0. The Hall–Kier alpha value is -0.420. The molecule has 2 aliphatic rings. The summed E-state index contributed by atoms with van der Waals surface area (Å²) in [5.74, 6) is -0.448. The van der Waals surface area contributed by atoms with Crippen LogP contribution in [-0.4, -0.2) is 12.4 Å². The van der Waals surface area contributed by atoms with E-state index in [1.54, 1.807) is 0 Å². The first kappa shape index (κ1) is 16.6. The summed E-state index contributed by atoms with van der Waals surface area (Å²) in [5.41, 5.74) is -1.37. The molecule has 0 N–H and O–H groups in total. The van der Waals surface area contributed by atoms with E-state index in [-0.39, 0.29) is 11.8 Å². The van der Waals surface area contributed by atoms with Crippen molar-refractivity contribution in [3.05, 3.63) is 0 Å². The molecule has 0 amide bonds. The first-order chi connectivity index (χ1) is 8.35. The molecule has 19 heavy (non-hydrogen) atoms. The molecule has 0 aromatic heterocycles. The Labute approximate surface area is 109 Å². The molecule has 114 valence electrons. The minimum atomic E-state index is -3.99. The van der Waals surface area contributed by atoms with Gasteiger partial charge in [-0.3, -0.25) is 0 Å². The molecular formula is C13H20F6. The van der Waals surface area contributed by atoms with Crippen molar-refractivity contribution in [3.8, 4) is 0 Å². The van der Waals surface area contributed by atoms with Crippen LogP contribution in [0.1, 0.15) is 46.5 Å². The molecule has 2 saturated carbocycles. The molecule has 2 rings (SSSR count). The Bertz CT molecular complexity index is 291. The normalized spacial score (nSPS) is 38.7. The van der Waals surface area contributed by atoms with E-state index in [0.717, 1.165) is 0 Å². The van der Waals surface area contributed by atoms with Crippen LogP contribution in [0.25, 0.3) is 0 Å². The molecule has 0 unspecified atom stereocenters. The Balaban J connectivity index is 0.000000191. The van der Waals surface area contributed by atoms with Crippen molar-refractivity contribution >= 4 is 0 Å². The van der Waals surface area contributed by atoms with E-state index in [1.807, 2.05) is 13.8 Å². The molecule has 0 aliphatic heterocycles. The van der Waals surface area contributed by atoms with Gasteiger partial charge in [-0.1, -0.05) is 20.8 Å². The molecule has 0 bridgehead atoms. The van der Waals surface area contributed by atoms with E-state index < -0.39 is 23.7 Å². The van der Waals surface area contributed by atoms with E-state index >= 15 is 0 Å². The molecule has 0 radical (unpaired) electrons. The van der Waals surface area contributed by atoms with Crippen LogP contribution < -0.4 is 0 Å². The maximum Gasteiger partial charge on any atom is 0.394 e. The van der Waals surface area contributed by atoms with E-state index in [2.05, 4.69) is 0 Å².